The summed E-state index contributed by atoms with van der Waals surface area (Å²) in [5.74, 6) is -1.67. The van der Waals surface area contributed by atoms with E-state index in [1.54, 1.807) is 0 Å². The smallest absolute Gasteiger partial charge is 0.159 e. The van der Waals surface area contributed by atoms with Gasteiger partial charge in [-0.1, -0.05) is 6.07 Å². The monoisotopic (exact) mass is 187 g/mol. The van der Waals surface area contributed by atoms with E-state index in [1.165, 1.54) is 6.07 Å². The lowest BCUT2D eigenvalue weighted by Crippen LogP contribution is -2.13. The number of hydroxylamine groups is 1. The molecule has 13 heavy (non-hydrogen) atoms. The predicted molar refractivity (Wildman–Crippen MR) is 44.8 cm³/mol. The van der Waals surface area contributed by atoms with Crippen molar-refractivity contribution in [2.75, 3.05) is 6.61 Å². The van der Waals surface area contributed by atoms with Gasteiger partial charge in [0.2, 0.25) is 0 Å². The Hall–Kier alpha value is -1.00. The topological polar surface area (TPSA) is 21.3 Å². The SMILES string of the molecule is CCONCc1ccc(F)c(F)c1. The molecule has 0 aromatic heterocycles. The molecule has 72 valence electrons. The highest BCUT2D eigenvalue weighted by atomic mass is 19.2. The third-order valence-corrected chi connectivity index (χ3v) is 1.51. The van der Waals surface area contributed by atoms with E-state index < -0.39 is 11.6 Å². The third kappa shape index (κ3) is 3.08. The summed E-state index contributed by atoms with van der Waals surface area (Å²) < 4.78 is 25.1. The van der Waals surface area contributed by atoms with Crippen LogP contribution in [0.2, 0.25) is 0 Å². The van der Waals surface area contributed by atoms with Crippen LogP contribution in [0.3, 0.4) is 0 Å². The lowest BCUT2D eigenvalue weighted by atomic mass is 10.2. The minimum absolute atomic E-state index is 0.366. The Morgan fingerprint density at radius 3 is 2.69 bits per heavy atom. The van der Waals surface area contributed by atoms with Crippen LogP contribution in [0, 0.1) is 11.6 Å². The molecule has 2 nitrogen and oxygen atoms in total. The lowest BCUT2D eigenvalue weighted by Gasteiger charge is -2.03. The molecule has 0 saturated carbocycles. The Morgan fingerprint density at radius 2 is 2.08 bits per heavy atom. The molecule has 0 heterocycles. The first-order chi connectivity index (χ1) is 6.24. The van der Waals surface area contributed by atoms with Crippen molar-refractivity contribution in [3.63, 3.8) is 0 Å². The quantitative estimate of drug-likeness (QED) is 0.575. The predicted octanol–water partition coefficient (Wildman–Crippen LogP) is 2.01. The van der Waals surface area contributed by atoms with Crippen molar-refractivity contribution in [2.24, 2.45) is 0 Å². The number of nitrogens with one attached hydrogen (secondary N) is 1. The van der Waals surface area contributed by atoms with Crippen LogP contribution < -0.4 is 5.48 Å². The van der Waals surface area contributed by atoms with Crippen LogP contribution in [0.1, 0.15) is 12.5 Å². The van der Waals surface area contributed by atoms with Crippen LogP contribution in [0.4, 0.5) is 8.78 Å². The Labute approximate surface area is 75.5 Å². The van der Waals surface area contributed by atoms with Crippen molar-refractivity contribution in [1.82, 2.24) is 5.48 Å². The molecule has 0 unspecified atom stereocenters. The summed E-state index contributed by atoms with van der Waals surface area (Å²) in [6.07, 6.45) is 0. The molecule has 0 aliphatic heterocycles. The highest BCUT2D eigenvalue weighted by Gasteiger charge is 2.01. The Balaban J connectivity index is 2.53. The zero-order valence-corrected chi connectivity index (χ0v) is 7.31. The van der Waals surface area contributed by atoms with Crippen LogP contribution in [0.15, 0.2) is 18.2 Å². The second kappa shape index (κ2) is 4.89. The molecule has 1 aromatic rings. The van der Waals surface area contributed by atoms with Crippen molar-refractivity contribution in [1.29, 1.82) is 0 Å². The van der Waals surface area contributed by atoms with Gasteiger partial charge in [0.15, 0.2) is 11.6 Å². The fraction of sp³-hybridized carbons (Fsp3) is 0.333. The van der Waals surface area contributed by atoms with E-state index >= 15 is 0 Å². The van der Waals surface area contributed by atoms with Gasteiger partial charge in [-0.05, 0) is 24.6 Å². The summed E-state index contributed by atoms with van der Waals surface area (Å²) >= 11 is 0. The van der Waals surface area contributed by atoms with Crippen LogP contribution in [0.5, 0.6) is 0 Å². The maximum absolute atomic E-state index is 12.6. The molecular formula is C9H11F2NO. The maximum atomic E-state index is 12.6. The second-order valence-corrected chi connectivity index (χ2v) is 2.50. The first kappa shape index (κ1) is 10.1. The van der Waals surface area contributed by atoms with Gasteiger partial charge in [0, 0.05) is 6.54 Å². The van der Waals surface area contributed by atoms with Crippen LogP contribution >= 0.6 is 0 Å². The van der Waals surface area contributed by atoms with E-state index in [9.17, 15) is 8.78 Å². The Bertz CT molecular complexity index is 278. The minimum atomic E-state index is -0.837. The lowest BCUT2D eigenvalue weighted by molar-refractivity contribution is 0.0463. The largest absolute Gasteiger partial charge is 0.302 e. The van der Waals surface area contributed by atoms with E-state index in [0.29, 0.717) is 18.7 Å². The molecule has 0 bridgehead atoms. The number of hydrogen-bond acceptors (Lipinski definition) is 2. The molecule has 1 rings (SSSR count). The zero-order chi connectivity index (χ0) is 9.68. The number of hydrogen-bond donors (Lipinski definition) is 1. The molecule has 0 saturated heterocycles. The molecule has 0 fully saturated rings. The molecule has 0 spiro atoms. The van der Waals surface area contributed by atoms with E-state index in [1.807, 2.05) is 6.92 Å². The zero-order valence-electron chi connectivity index (χ0n) is 7.31. The molecular weight excluding hydrogens is 176 g/mol. The Morgan fingerprint density at radius 1 is 1.31 bits per heavy atom. The third-order valence-electron chi connectivity index (χ3n) is 1.51. The van der Waals surface area contributed by atoms with Crippen molar-refractivity contribution in [2.45, 2.75) is 13.5 Å². The molecule has 0 amide bonds. The fourth-order valence-electron chi connectivity index (χ4n) is 0.886. The van der Waals surface area contributed by atoms with Gasteiger partial charge in [0.1, 0.15) is 0 Å². The van der Waals surface area contributed by atoms with Crippen LogP contribution in [-0.2, 0) is 11.4 Å². The molecule has 0 aliphatic rings. The fourth-order valence-corrected chi connectivity index (χ4v) is 0.886. The summed E-state index contributed by atoms with van der Waals surface area (Å²) in [4.78, 5) is 4.84. The van der Waals surface area contributed by atoms with Crippen molar-refractivity contribution in [3.8, 4) is 0 Å². The van der Waals surface area contributed by atoms with E-state index in [-0.39, 0.29) is 0 Å². The van der Waals surface area contributed by atoms with Crippen molar-refractivity contribution >= 4 is 0 Å². The molecule has 0 radical (unpaired) electrons. The summed E-state index contributed by atoms with van der Waals surface area (Å²) in [6.45, 7) is 2.73. The standard InChI is InChI=1S/C9H11F2NO/c1-2-13-12-6-7-3-4-8(10)9(11)5-7/h3-5,12H,2,6H2,1H3. The normalized spacial score (nSPS) is 10.4. The molecule has 0 aliphatic carbocycles. The van der Waals surface area contributed by atoms with E-state index in [2.05, 4.69) is 5.48 Å². The molecule has 0 atom stereocenters. The van der Waals surface area contributed by atoms with Gasteiger partial charge in [-0.15, -0.1) is 0 Å². The highest BCUT2D eigenvalue weighted by Crippen LogP contribution is 2.08. The molecule has 4 heteroatoms. The van der Waals surface area contributed by atoms with Gasteiger partial charge < -0.3 is 4.84 Å². The summed E-state index contributed by atoms with van der Waals surface area (Å²) in [5.41, 5.74) is 3.25. The van der Waals surface area contributed by atoms with Crippen LogP contribution in [0.25, 0.3) is 0 Å². The number of halogens is 2. The number of benzene rings is 1. The van der Waals surface area contributed by atoms with Crippen LogP contribution in [-0.4, -0.2) is 6.61 Å². The summed E-state index contributed by atoms with van der Waals surface area (Å²) in [6, 6.07) is 3.74. The summed E-state index contributed by atoms with van der Waals surface area (Å²) in [5, 5.41) is 0. The average Bonchev–Trinajstić information content (AvgIpc) is 2.12. The van der Waals surface area contributed by atoms with Crippen molar-refractivity contribution in [3.05, 3.63) is 35.4 Å². The van der Waals surface area contributed by atoms with E-state index in [4.69, 9.17) is 4.84 Å². The first-order valence-corrected chi connectivity index (χ1v) is 4.02. The van der Waals surface area contributed by atoms with Gasteiger partial charge in [-0.2, -0.15) is 5.48 Å². The van der Waals surface area contributed by atoms with E-state index in [0.717, 1.165) is 12.1 Å². The molecule has 1 aromatic carbocycles. The van der Waals surface area contributed by atoms with Gasteiger partial charge in [0.05, 0.1) is 6.61 Å². The maximum Gasteiger partial charge on any atom is 0.159 e. The Kier molecular flexibility index (Phi) is 3.79. The number of rotatable bonds is 4. The van der Waals surface area contributed by atoms with Gasteiger partial charge in [0.25, 0.3) is 0 Å². The summed E-state index contributed by atoms with van der Waals surface area (Å²) in [7, 11) is 0. The van der Waals surface area contributed by atoms with Gasteiger partial charge in [-0.25, -0.2) is 8.78 Å². The second-order valence-electron chi connectivity index (χ2n) is 2.50. The van der Waals surface area contributed by atoms with Crippen molar-refractivity contribution < 1.29 is 13.6 Å². The average molecular weight is 187 g/mol. The minimum Gasteiger partial charge on any atom is -0.302 e. The van der Waals surface area contributed by atoms with Gasteiger partial charge >= 0.3 is 0 Å². The first-order valence-electron chi connectivity index (χ1n) is 4.02. The molecule has 1 N–H and O–H groups in total. The van der Waals surface area contributed by atoms with Gasteiger partial charge in [-0.3, -0.25) is 0 Å². The highest BCUT2D eigenvalue weighted by molar-refractivity contribution is 5.17.